The van der Waals surface area contributed by atoms with Crippen molar-refractivity contribution >= 4 is 33.8 Å². The van der Waals surface area contributed by atoms with Gasteiger partial charge < -0.3 is 9.47 Å². The number of methoxy groups -OCH3 is 1. The third kappa shape index (κ3) is 3.47. The lowest BCUT2D eigenvalue weighted by Crippen LogP contribution is -2.30. The second kappa shape index (κ2) is 5.78. The molecule has 0 radical (unpaired) electrons. The Morgan fingerprint density at radius 1 is 1.25 bits per heavy atom. The van der Waals surface area contributed by atoms with Crippen molar-refractivity contribution in [2.45, 2.75) is 33.3 Å². The van der Waals surface area contributed by atoms with Crippen LogP contribution in [0.1, 0.15) is 48.7 Å². The van der Waals surface area contributed by atoms with Gasteiger partial charge in [0, 0.05) is 11.4 Å². The molecule has 0 saturated carbocycles. The maximum atomic E-state index is 12.2. The third-order valence-corrected chi connectivity index (χ3v) is 2.86. The van der Waals surface area contributed by atoms with Gasteiger partial charge in [-0.3, -0.25) is 4.79 Å². The van der Waals surface area contributed by atoms with Crippen molar-refractivity contribution in [3.8, 4) is 0 Å². The van der Waals surface area contributed by atoms with E-state index in [4.69, 9.17) is 4.74 Å². The molecule has 0 aliphatic carbocycles. The Hall–Kier alpha value is -1.63. The van der Waals surface area contributed by atoms with E-state index < -0.39 is 17.7 Å². The van der Waals surface area contributed by atoms with Crippen LogP contribution in [0.3, 0.4) is 0 Å². The Morgan fingerprint density at radius 2 is 1.80 bits per heavy atom. The number of Topliss-reactive ketones (excluding diaryl/α,β-unsaturated/α-hetero) is 1. The van der Waals surface area contributed by atoms with Crippen molar-refractivity contribution in [2.24, 2.45) is 0 Å². The average Bonchev–Trinajstić information content (AvgIpc) is 2.63. The number of hydrogen-bond acceptors (Lipinski definition) is 5. The van der Waals surface area contributed by atoms with Crippen LogP contribution in [-0.2, 0) is 9.47 Å². The first-order valence-electron chi connectivity index (χ1n) is 5.82. The van der Waals surface area contributed by atoms with Crippen molar-refractivity contribution in [1.29, 1.82) is 0 Å². The van der Waals surface area contributed by atoms with Gasteiger partial charge in [-0.15, -0.1) is 0 Å². The van der Waals surface area contributed by atoms with Crippen LogP contribution in [0.25, 0.3) is 0 Å². The van der Waals surface area contributed by atoms with Crippen LogP contribution < -0.4 is 0 Å². The first-order chi connectivity index (χ1) is 9.08. The molecular formula is C13H16BrNO5. The smallest absolute Gasteiger partial charge is 0.419 e. The van der Waals surface area contributed by atoms with Gasteiger partial charge in [0.2, 0.25) is 0 Å². The van der Waals surface area contributed by atoms with E-state index >= 15 is 0 Å². The molecule has 6 nitrogen and oxygen atoms in total. The van der Waals surface area contributed by atoms with Crippen molar-refractivity contribution in [1.82, 2.24) is 4.57 Å². The zero-order valence-corrected chi connectivity index (χ0v) is 13.5. The van der Waals surface area contributed by atoms with Crippen LogP contribution in [0.5, 0.6) is 0 Å². The van der Waals surface area contributed by atoms with Gasteiger partial charge in [-0.1, -0.05) is 0 Å². The standard InChI is InChI=1S/C13H16BrNO5/c1-7(16)10-8(14)6-9(11(17)19-5)15(10)12(18)20-13(2,3)4/h6H,1-5H3. The van der Waals surface area contributed by atoms with Crippen LogP contribution in [-0.4, -0.2) is 35.1 Å². The quantitative estimate of drug-likeness (QED) is 0.608. The fourth-order valence-electron chi connectivity index (χ4n) is 1.56. The fourth-order valence-corrected chi connectivity index (χ4v) is 2.23. The lowest BCUT2D eigenvalue weighted by Gasteiger charge is -2.21. The number of esters is 1. The molecule has 20 heavy (non-hydrogen) atoms. The SMILES string of the molecule is COC(=O)c1cc(Br)c(C(C)=O)n1C(=O)OC(C)(C)C. The van der Waals surface area contributed by atoms with Gasteiger partial charge in [-0.2, -0.15) is 0 Å². The van der Waals surface area contributed by atoms with Crippen LogP contribution in [0.15, 0.2) is 10.5 Å². The van der Waals surface area contributed by atoms with Crippen LogP contribution in [0.2, 0.25) is 0 Å². The van der Waals surface area contributed by atoms with E-state index in [9.17, 15) is 14.4 Å². The monoisotopic (exact) mass is 345 g/mol. The van der Waals surface area contributed by atoms with Crippen LogP contribution in [0, 0.1) is 0 Å². The molecule has 0 fully saturated rings. The average molecular weight is 346 g/mol. The number of hydrogen-bond donors (Lipinski definition) is 0. The first-order valence-corrected chi connectivity index (χ1v) is 6.61. The lowest BCUT2D eigenvalue weighted by molar-refractivity contribution is 0.0477. The highest BCUT2D eigenvalue weighted by atomic mass is 79.9. The van der Waals surface area contributed by atoms with E-state index in [1.807, 2.05) is 0 Å². The number of ether oxygens (including phenoxy) is 2. The summed E-state index contributed by atoms with van der Waals surface area (Å²) >= 11 is 3.16. The summed E-state index contributed by atoms with van der Waals surface area (Å²) in [5.41, 5.74) is -0.784. The number of ketones is 1. The molecule has 110 valence electrons. The maximum absolute atomic E-state index is 12.2. The molecule has 0 N–H and O–H groups in total. The molecule has 0 atom stereocenters. The number of aromatic nitrogens is 1. The number of nitrogens with zero attached hydrogens (tertiary/aromatic N) is 1. The van der Waals surface area contributed by atoms with Gasteiger partial charge in [-0.25, -0.2) is 14.2 Å². The van der Waals surface area contributed by atoms with Crippen LogP contribution in [0.4, 0.5) is 4.79 Å². The molecule has 0 spiro atoms. The number of carbonyl (C=O) groups excluding carboxylic acids is 3. The molecule has 1 aromatic rings. The number of carbonyl (C=O) groups is 3. The number of halogens is 1. The largest absolute Gasteiger partial charge is 0.464 e. The van der Waals surface area contributed by atoms with E-state index in [0.29, 0.717) is 4.47 Å². The van der Waals surface area contributed by atoms with E-state index in [2.05, 4.69) is 20.7 Å². The summed E-state index contributed by atoms with van der Waals surface area (Å²) in [6.45, 7) is 6.36. The predicted molar refractivity (Wildman–Crippen MR) is 75.1 cm³/mol. The minimum atomic E-state index is -0.811. The fraction of sp³-hybridized carbons (Fsp3) is 0.462. The lowest BCUT2D eigenvalue weighted by atomic mass is 10.2. The van der Waals surface area contributed by atoms with Gasteiger partial charge in [-0.05, 0) is 42.8 Å². The Balaban J connectivity index is 3.44. The van der Waals surface area contributed by atoms with Crippen molar-refractivity contribution < 1.29 is 23.9 Å². The number of rotatable bonds is 2. The molecule has 0 aliphatic rings. The van der Waals surface area contributed by atoms with Gasteiger partial charge in [0.15, 0.2) is 5.78 Å². The van der Waals surface area contributed by atoms with Crippen LogP contribution >= 0.6 is 15.9 Å². The second-order valence-corrected chi connectivity index (χ2v) is 5.94. The zero-order valence-electron chi connectivity index (χ0n) is 11.9. The molecule has 0 unspecified atom stereocenters. The third-order valence-electron chi connectivity index (χ3n) is 2.26. The zero-order chi connectivity index (χ0) is 15.7. The summed E-state index contributed by atoms with van der Waals surface area (Å²) < 4.78 is 11.1. The topological polar surface area (TPSA) is 74.6 Å². The molecule has 1 aromatic heterocycles. The van der Waals surface area contributed by atoms with E-state index in [-0.39, 0.29) is 17.2 Å². The Bertz CT molecular complexity index is 568. The molecule has 0 aliphatic heterocycles. The predicted octanol–water partition coefficient (Wildman–Crippen LogP) is 3.02. The normalized spacial score (nSPS) is 11.1. The Kier molecular flexibility index (Phi) is 4.75. The molecule has 0 saturated heterocycles. The summed E-state index contributed by atoms with van der Waals surface area (Å²) in [5.74, 6) is -1.11. The highest BCUT2D eigenvalue weighted by Gasteiger charge is 2.29. The summed E-state index contributed by atoms with van der Waals surface area (Å²) in [6.07, 6.45) is -0.811. The van der Waals surface area contributed by atoms with E-state index in [1.54, 1.807) is 20.8 Å². The maximum Gasteiger partial charge on any atom is 0.419 e. The minimum absolute atomic E-state index is 0.0413. The molecule has 0 bridgehead atoms. The van der Waals surface area contributed by atoms with Crippen molar-refractivity contribution in [3.05, 3.63) is 21.9 Å². The Labute approximate surface area is 125 Å². The van der Waals surface area contributed by atoms with Gasteiger partial charge >= 0.3 is 12.1 Å². The van der Waals surface area contributed by atoms with Crippen molar-refractivity contribution in [2.75, 3.05) is 7.11 Å². The summed E-state index contributed by atoms with van der Waals surface area (Å²) in [6, 6.07) is 1.35. The Morgan fingerprint density at radius 3 is 2.20 bits per heavy atom. The minimum Gasteiger partial charge on any atom is -0.464 e. The summed E-state index contributed by atoms with van der Waals surface area (Å²) in [7, 11) is 1.19. The highest BCUT2D eigenvalue weighted by Crippen LogP contribution is 2.24. The summed E-state index contributed by atoms with van der Waals surface area (Å²) in [5, 5.41) is 0. The van der Waals surface area contributed by atoms with Gasteiger partial charge in [0.05, 0.1) is 7.11 Å². The molecular weight excluding hydrogens is 330 g/mol. The molecule has 0 amide bonds. The first kappa shape index (κ1) is 16.4. The molecule has 0 aromatic carbocycles. The van der Waals surface area contributed by atoms with Gasteiger partial charge in [0.1, 0.15) is 17.0 Å². The summed E-state index contributed by atoms with van der Waals surface area (Å²) in [4.78, 5) is 35.6. The molecule has 1 rings (SSSR count). The molecule has 7 heteroatoms. The van der Waals surface area contributed by atoms with Crippen molar-refractivity contribution in [3.63, 3.8) is 0 Å². The van der Waals surface area contributed by atoms with Gasteiger partial charge in [0.25, 0.3) is 0 Å². The van der Waals surface area contributed by atoms with E-state index in [1.165, 1.54) is 20.1 Å². The molecule has 1 heterocycles. The second-order valence-electron chi connectivity index (χ2n) is 5.09. The van der Waals surface area contributed by atoms with E-state index in [0.717, 1.165) is 4.57 Å². The highest BCUT2D eigenvalue weighted by molar-refractivity contribution is 9.10.